The first-order valence-electron chi connectivity index (χ1n) is 6.84. The van der Waals surface area contributed by atoms with E-state index in [2.05, 4.69) is 10.6 Å². The minimum Gasteiger partial charge on any atom is -0.481 e. The zero-order valence-corrected chi connectivity index (χ0v) is 12.6. The Kier molecular flexibility index (Phi) is 4.17. The lowest BCUT2D eigenvalue weighted by Crippen LogP contribution is -2.61. The number of amides is 2. The molecule has 0 aromatic carbocycles. The minimum absolute atomic E-state index is 0.159. The summed E-state index contributed by atoms with van der Waals surface area (Å²) < 4.78 is 0. The van der Waals surface area contributed by atoms with Crippen LogP contribution in [0.5, 0.6) is 0 Å². The fraction of sp³-hybridized carbons (Fsp3) is 0.857. The molecule has 1 aliphatic carbocycles. The number of urea groups is 1. The molecule has 1 saturated carbocycles. The predicted octanol–water partition coefficient (Wildman–Crippen LogP) is 2.51. The number of carboxylic acids is 1. The van der Waals surface area contributed by atoms with E-state index in [-0.39, 0.29) is 11.6 Å². The summed E-state index contributed by atoms with van der Waals surface area (Å²) in [6, 6.07) is -0.288. The second-order valence-electron chi connectivity index (χ2n) is 6.90. The van der Waals surface area contributed by atoms with Crippen LogP contribution in [-0.2, 0) is 4.79 Å². The molecule has 0 heterocycles. The van der Waals surface area contributed by atoms with E-state index >= 15 is 0 Å². The summed E-state index contributed by atoms with van der Waals surface area (Å²) in [6.07, 6.45) is 4.20. The molecule has 110 valence electrons. The standard InChI is InChI=1S/C14H26N2O3/c1-12(2,10(17)18)13(3,4)15-11(19)16-14(5)8-6-7-9-14/h6-9H2,1-5H3,(H,17,18)(H2,15,16,19). The Labute approximate surface area is 115 Å². The Morgan fingerprint density at radius 1 is 1.11 bits per heavy atom. The topological polar surface area (TPSA) is 78.4 Å². The Morgan fingerprint density at radius 3 is 2.00 bits per heavy atom. The first-order valence-corrected chi connectivity index (χ1v) is 6.84. The van der Waals surface area contributed by atoms with Crippen LogP contribution < -0.4 is 10.6 Å². The van der Waals surface area contributed by atoms with Gasteiger partial charge in [-0.2, -0.15) is 0 Å². The highest BCUT2D eigenvalue weighted by Crippen LogP contribution is 2.32. The largest absolute Gasteiger partial charge is 0.481 e. The van der Waals surface area contributed by atoms with Crippen LogP contribution in [-0.4, -0.2) is 28.2 Å². The van der Waals surface area contributed by atoms with Crippen molar-refractivity contribution < 1.29 is 14.7 Å². The molecule has 5 nitrogen and oxygen atoms in total. The van der Waals surface area contributed by atoms with Crippen LogP contribution in [0.25, 0.3) is 0 Å². The Morgan fingerprint density at radius 2 is 1.58 bits per heavy atom. The van der Waals surface area contributed by atoms with Crippen LogP contribution in [0.2, 0.25) is 0 Å². The molecule has 1 aliphatic rings. The normalized spacial score (nSPS) is 19.0. The number of rotatable bonds is 4. The zero-order valence-electron chi connectivity index (χ0n) is 12.6. The SMILES string of the molecule is CC1(NC(=O)NC(C)(C)C(C)(C)C(=O)O)CCCC1. The van der Waals surface area contributed by atoms with E-state index in [1.807, 2.05) is 6.92 Å². The minimum atomic E-state index is -1.04. The van der Waals surface area contributed by atoms with Gasteiger partial charge in [-0.05, 0) is 47.5 Å². The molecule has 0 unspecified atom stereocenters. The van der Waals surface area contributed by atoms with Crippen molar-refractivity contribution in [1.29, 1.82) is 0 Å². The molecule has 5 heteroatoms. The molecule has 0 aromatic heterocycles. The maximum absolute atomic E-state index is 12.1. The third-order valence-corrected chi connectivity index (χ3v) is 4.65. The molecule has 19 heavy (non-hydrogen) atoms. The highest BCUT2D eigenvalue weighted by atomic mass is 16.4. The van der Waals surface area contributed by atoms with Gasteiger partial charge in [0.25, 0.3) is 0 Å². The second-order valence-corrected chi connectivity index (χ2v) is 6.90. The average molecular weight is 270 g/mol. The Bertz CT molecular complexity index is 369. The summed E-state index contributed by atoms with van der Waals surface area (Å²) in [4.78, 5) is 23.4. The highest BCUT2D eigenvalue weighted by molar-refractivity contribution is 5.80. The van der Waals surface area contributed by atoms with Crippen LogP contribution in [0, 0.1) is 5.41 Å². The molecular weight excluding hydrogens is 244 g/mol. The summed E-state index contributed by atoms with van der Waals surface area (Å²) in [7, 11) is 0. The van der Waals surface area contributed by atoms with Crippen LogP contribution in [0.15, 0.2) is 0 Å². The first kappa shape index (κ1) is 15.8. The van der Waals surface area contributed by atoms with Crippen molar-refractivity contribution in [3.05, 3.63) is 0 Å². The molecular formula is C14H26N2O3. The van der Waals surface area contributed by atoms with Crippen LogP contribution in [0.4, 0.5) is 4.79 Å². The van der Waals surface area contributed by atoms with Gasteiger partial charge >= 0.3 is 12.0 Å². The third kappa shape index (κ3) is 3.39. The fourth-order valence-corrected chi connectivity index (χ4v) is 2.29. The number of carboxylic acid groups (broad SMARTS) is 1. The van der Waals surface area contributed by atoms with Crippen molar-refractivity contribution in [2.75, 3.05) is 0 Å². The van der Waals surface area contributed by atoms with Gasteiger partial charge in [0.15, 0.2) is 0 Å². The van der Waals surface area contributed by atoms with Gasteiger partial charge in [0.1, 0.15) is 0 Å². The monoisotopic (exact) mass is 270 g/mol. The number of carbonyl (C=O) groups is 2. The number of aliphatic carboxylic acids is 1. The molecule has 1 rings (SSSR count). The number of carbonyl (C=O) groups excluding carboxylic acids is 1. The smallest absolute Gasteiger partial charge is 0.315 e. The first-order chi connectivity index (χ1) is 8.50. The summed E-state index contributed by atoms with van der Waals surface area (Å²) in [6.45, 7) is 8.74. The number of hydrogen-bond acceptors (Lipinski definition) is 2. The summed E-state index contributed by atoms with van der Waals surface area (Å²) in [5.74, 6) is -0.926. The van der Waals surface area contributed by atoms with Crippen LogP contribution in [0.3, 0.4) is 0 Å². The molecule has 2 amide bonds. The van der Waals surface area contributed by atoms with Crippen molar-refractivity contribution in [3.63, 3.8) is 0 Å². The number of hydrogen-bond donors (Lipinski definition) is 3. The van der Waals surface area contributed by atoms with Crippen molar-refractivity contribution in [1.82, 2.24) is 10.6 Å². The van der Waals surface area contributed by atoms with Gasteiger partial charge in [0.2, 0.25) is 0 Å². The Balaban J connectivity index is 2.68. The highest BCUT2D eigenvalue weighted by Gasteiger charge is 2.45. The van der Waals surface area contributed by atoms with Gasteiger partial charge in [0.05, 0.1) is 11.0 Å². The number of nitrogens with one attached hydrogen (secondary N) is 2. The van der Waals surface area contributed by atoms with E-state index in [1.54, 1.807) is 27.7 Å². The molecule has 0 spiro atoms. The van der Waals surface area contributed by atoms with Gasteiger partial charge in [-0.1, -0.05) is 12.8 Å². The lowest BCUT2D eigenvalue weighted by Gasteiger charge is -2.39. The van der Waals surface area contributed by atoms with Gasteiger partial charge < -0.3 is 15.7 Å². The average Bonchev–Trinajstić information content (AvgIpc) is 2.62. The molecule has 0 radical (unpaired) electrons. The van der Waals surface area contributed by atoms with Gasteiger partial charge in [-0.3, -0.25) is 4.79 Å². The maximum atomic E-state index is 12.1. The molecule has 0 saturated heterocycles. The van der Waals surface area contributed by atoms with E-state index in [9.17, 15) is 14.7 Å². The van der Waals surface area contributed by atoms with Crippen molar-refractivity contribution in [2.24, 2.45) is 5.41 Å². The molecule has 0 bridgehead atoms. The van der Waals surface area contributed by atoms with Crippen LogP contribution in [0.1, 0.15) is 60.3 Å². The Hall–Kier alpha value is -1.26. The van der Waals surface area contributed by atoms with Gasteiger partial charge in [-0.25, -0.2) is 4.79 Å². The van der Waals surface area contributed by atoms with E-state index in [4.69, 9.17) is 0 Å². The van der Waals surface area contributed by atoms with Crippen molar-refractivity contribution in [3.8, 4) is 0 Å². The molecule has 0 atom stereocenters. The fourth-order valence-electron chi connectivity index (χ4n) is 2.29. The summed E-state index contributed by atoms with van der Waals surface area (Å²) in [5.41, 5.74) is -2.04. The lowest BCUT2D eigenvalue weighted by molar-refractivity contribution is -0.150. The molecule has 1 fully saturated rings. The zero-order chi connectivity index (χ0) is 14.9. The van der Waals surface area contributed by atoms with E-state index in [0.717, 1.165) is 25.7 Å². The van der Waals surface area contributed by atoms with Crippen molar-refractivity contribution in [2.45, 2.75) is 71.4 Å². The predicted molar refractivity (Wildman–Crippen MR) is 74.0 cm³/mol. The molecule has 3 N–H and O–H groups in total. The van der Waals surface area contributed by atoms with E-state index < -0.39 is 16.9 Å². The van der Waals surface area contributed by atoms with Crippen molar-refractivity contribution >= 4 is 12.0 Å². The summed E-state index contributed by atoms with van der Waals surface area (Å²) >= 11 is 0. The maximum Gasteiger partial charge on any atom is 0.315 e. The van der Waals surface area contributed by atoms with Crippen LogP contribution >= 0.6 is 0 Å². The van der Waals surface area contributed by atoms with Gasteiger partial charge in [0, 0.05) is 5.54 Å². The molecule has 0 aliphatic heterocycles. The third-order valence-electron chi connectivity index (χ3n) is 4.65. The lowest BCUT2D eigenvalue weighted by atomic mass is 9.74. The molecule has 0 aromatic rings. The van der Waals surface area contributed by atoms with Gasteiger partial charge in [-0.15, -0.1) is 0 Å². The van der Waals surface area contributed by atoms with E-state index in [0.29, 0.717) is 0 Å². The van der Waals surface area contributed by atoms with E-state index in [1.165, 1.54) is 0 Å². The quantitative estimate of drug-likeness (QED) is 0.734. The summed E-state index contributed by atoms with van der Waals surface area (Å²) in [5, 5.41) is 15.0. The second kappa shape index (κ2) is 5.02.